The summed E-state index contributed by atoms with van der Waals surface area (Å²) in [4.78, 5) is 26.8. The number of aromatic nitrogens is 1. The molecule has 86 valence electrons. The van der Waals surface area contributed by atoms with Crippen molar-refractivity contribution in [2.24, 2.45) is 0 Å². The molecule has 0 aliphatic heterocycles. The Morgan fingerprint density at radius 1 is 1.31 bits per heavy atom. The smallest absolute Gasteiger partial charge is 0.314 e. The molecular formula is C12H15NO3. The number of esters is 1. The fraction of sp³-hybridized carbons (Fsp3) is 0.417. The highest BCUT2D eigenvalue weighted by molar-refractivity contribution is 6.04. The normalized spacial score (nSPS) is 10.9. The van der Waals surface area contributed by atoms with E-state index in [0.29, 0.717) is 0 Å². The van der Waals surface area contributed by atoms with Gasteiger partial charge in [0.15, 0.2) is 5.78 Å². The van der Waals surface area contributed by atoms with Crippen LogP contribution in [0.25, 0.3) is 0 Å². The Balaban J connectivity index is 2.56. The first-order valence-electron chi connectivity index (χ1n) is 5.04. The standard InChI is InChI=1S/C12H15NO3/c1-12(2,3)16-11(15)8-10(14)9-6-4-5-7-13-9/h4-7H,8H2,1-3H3. The van der Waals surface area contributed by atoms with E-state index >= 15 is 0 Å². The summed E-state index contributed by atoms with van der Waals surface area (Å²) in [5, 5.41) is 0. The van der Waals surface area contributed by atoms with Crippen molar-refractivity contribution in [3.05, 3.63) is 30.1 Å². The molecule has 0 spiro atoms. The monoisotopic (exact) mass is 221 g/mol. The highest BCUT2D eigenvalue weighted by atomic mass is 16.6. The van der Waals surface area contributed by atoms with Crippen molar-refractivity contribution in [3.8, 4) is 0 Å². The van der Waals surface area contributed by atoms with Crippen LogP contribution in [-0.2, 0) is 9.53 Å². The molecule has 0 radical (unpaired) electrons. The Morgan fingerprint density at radius 3 is 2.50 bits per heavy atom. The summed E-state index contributed by atoms with van der Waals surface area (Å²) in [6.07, 6.45) is 1.25. The lowest BCUT2D eigenvalue weighted by Gasteiger charge is -2.18. The zero-order valence-electron chi connectivity index (χ0n) is 9.69. The number of carbonyl (C=O) groups is 2. The van der Waals surface area contributed by atoms with Crippen LogP contribution >= 0.6 is 0 Å². The van der Waals surface area contributed by atoms with E-state index in [0.717, 1.165) is 0 Å². The zero-order chi connectivity index (χ0) is 12.2. The number of ketones is 1. The van der Waals surface area contributed by atoms with Gasteiger partial charge < -0.3 is 4.74 Å². The van der Waals surface area contributed by atoms with E-state index in [-0.39, 0.29) is 17.9 Å². The van der Waals surface area contributed by atoms with Gasteiger partial charge in [-0.25, -0.2) is 0 Å². The number of ether oxygens (including phenoxy) is 1. The molecule has 1 rings (SSSR count). The fourth-order valence-corrected chi connectivity index (χ4v) is 1.13. The van der Waals surface area contributed by atoms with Crippen molar-refractivity contribution in [3.63, 3.8) is 0 Å². The first kappa shape index (κ1) is 12.4. The molecule has 1 aromatic heterocycles. The Labute approximate surface area is 94.6 Å². The quantitative estimate of drug-likeness (QED) is 0.445. The predicted octanol–water partition coefficient (Wildman–Crippen LogP) is 2.00. The first-order valence-corrected chi connectivity index (χ1v) is 5.04. The second kappa shape index (κ2) is 4.88. The number of pyridine rings is 1. The molecular weight excluding hydrogens is 206 g/mol. The minimum absolute atomic E-state index is 0.270. The maximum absolute atomic E-state index is 11.6. The zero-order valence-corrected chi connectivity index (χ0v) is 9.69. The largest absolute Gasteiger partial charge is 0.460 e. The van der Waals surface area contributed by atoms with Crippen molar-refractivity contribution < 1.29 is 14.3 Å². The lowest BCUT2D eigenvalue weighted by atomic mass is 10.1. The molecule has 0 amide bonds. The Hall–Kier alpha value is -1.71. The van der Waals surface area contributed by atoms with Crippen LogP contribution in [0.4, 0.5) is 0 Å². The molecule has 0 aliphatic rings. The molecule has 4 heteroatoms. The van der Waals surface area contributed by atoms with Crippen LogP contribution in [0.2, 0.25) is 0 Å². The van der Waals surface area contributed by atoms with Gasteiger partial charge in [0.1, 0.15) is 17.7 Å². The summed E-state index contributed by atoms with van der Waals surface area (Å²) < 4.78 is 5.04. The second-order valence-corrected chi connectivity index (χ2v) is 4.40. The van der Waals surface area contributed by atoms with Crippen LogP contribution in [0.3, 0.4) is 0 Å². The van der Waals surface area contributed by atoms with Gasteiger partial charge in [-0.1, -0.05) is 6.07 Å². The molecule has 0 bridgehead atoms. The van der Waals surface area contributed by atoms with Gasteiger partial charge in [0.25, 0.3) is 0 Å². The Bertz CT molecular complexity index is 379. The number of hydrogen-bond acceptors (Lipinski definition) is 4. The summed E-state index contributed by atoms with van der Waals surface area (Å²) in [5.74, 6) is -0.849. The van der Waals surface area contributed by atoms with Gasteiger partial charge in [0.05, 0.1) is 0 Å². The third-order valence-electron chi connectivity index (χ3n) is 1.68. The molecule has 0 aliphatic carbocycles. The number of hydrogen-bond donors (Lipinski definition) is 0. The molecule has 0 N–H and O–H groups in total. The summed E-state index contributed by atoms with van der Waals surface area (Å²) in [6, 6.07) is 4.99. The summed E-state index contributed by atoms with van der Waals surface area (Å²) >= 11 is 0. The maximum atomic E-state index is 11.6. The van der Waals surface area contributed by atoms with Gasteiger partial charge in [-0.15, -0.1) is 0 Å². The number of nitrogens with zero attached hydrogens (tertiary/aromatic N) is 1. The van der Waals surface area contributed by atoms with E-state index in [9.17, 15) is 9.59 Å². The van der Waals surface area contributed by atoms with Crippen molar-refractivity contribution >= 4 is 11.8 Å². The van der Waals surface area contributed by atoms with Crippen LogP contribution in [-0.4, -0.2) is 22.3 Å². The van der Waals surface area contributed by atoms with Crippen molar-refractivity contribution in [2.45, 2.75) is 32.8 Å². The molecule has 1 heterocycles. The van der Waals surface area contributed by atoms with E-state index in [1.54, 1.807) is 39.0 Å². The number of carbonyl (C=O) groups excluding carboxylic acids is 2. The third kappa shape index (κ3) is 4.21. The highest BCUT2D eigenvalue weighted by Gasteiger charge is 2.19. The number of rotatable bonds is 3. The molecule has 1 aromatic rings. The van der Waals surface area contributed by atoms with Crippen molar-refractivity contribution in [1.82, 2.24) is 4.98 Å². The Kier molecular flexibility index (Phi) is 3.77. The molecule has 0 unspecified atom stereocenters. The topological polar surface area (TPSA) is 56.3 Å². The highest BCUT2D eigenvalue weighted by Crippen LogP contribution is 2.09. The van der Waals surface area contributed by atoms with Crippen molar-refractivity contribution in [2.75, 3.05) is 0 Å². The molecule has 4 nitrogen and oxygen atoms in total. The fourth-order valence-electron chi connectivity index (χ4n) is 1.13. The van der Waals surface area contributed by atoms with Gasteiger partial charge >= 0.3 is 5.97 Å². The van der Waals surface area contributed by atoms with Gasteiger partial charge in [0, 0.05) is 6.20 Å². The van der Waals surface area contributed by atoms with E-state index in [4.69, 9.17) is 4.74 Å². The average Bonchev–Trinajstić information content (AvgIpc) is 2.16. The third-order valence-corrected chi connectivity index (χ3v) is 1.68. The van der Waals surface area contributed by atoms with E-state index in [2.05, 4.69) is 4.98 Å². The molecule has 0 aromatic carbocycles. The minimum atomic E-state index is -0.568. The molecule has 0 atom stereocenters. The lowest BCUT2D eigenvalue weighted by molar-refractivity contribution is -0.153. The summed E-state index contributed by atoms with van der Waals surface area (Å²) in [6.45, 7) is 5.28. The minimum Gasteiger partial charge on any atom is -0.460 e. The van der Waals surface area contributed by atoms with E-state index in [1.807, 2.05) is 0 Å². The van der Waals surface area contributed by atoms with Gasteiger partial charge in [-0.05, 0) is 32.9 Å². The van der Waals surface area contributed by atoms with Crippen molar-refractivity contribution in [1.29, 1.82) is 0 Å². The first-order chi connectivity index (χ1) is 7.38. The predicted molar refractivity (Wildman–Crippen MR) is 59.0 cm³/mol. The summed E-state index contributed by atoms with van der Waals surface area (Å²) in [7, 11) is 0. The summed E-state index contributed by atoms with van der Waals surface area (Å²) in [5.41, 5.74) is -0.282. The Morgan fingerprint density at radius 2 is 2.00 bits per heavy atom. The molecule has 16 heavy (non-hydrogen) atoms. The SMILES string of the molecule is CC(C)(C)OC(=O)CC(=O)c1ccccn1. The van der Waals surface area contributed by atoms with E-state index < -0.39 is 11.6 Å². The van der Waals surface area contributed by atoms with Gasteiger partial charge in [-0.3, -0.25) is 14.6 Å². The van der Waals surface area contributed by atoms with Crippen LogP contribution in [0.1, 0.15) is 37.7 Å². The second-order valence-electron chi connectivity index (χ2n) is 4.40. The van der Waals surface area contributed by atoms with E-state index in [1.165, 1.54) is 6.20 Å². The van der Waals surface area contributed by atoms with Gasteiger partial charge in [0.2, 0.25) is 0 Å². The maximum Gasteiger partial charge on any atom is 0.314 e. The van der Waals surface area contributed by atoms with Crippen LogP contribution in [0.5, 0.6) is 0 Å². The van der Waals surface area contributed by atoms with Crippen LogP contribution in [0, 0.1) is 0 Å². The van der Waals surface area contributed by atoms with Gasteiger partial charge in [-0.2, -0.15) is 0 Å². The molecule has 0 saturated carbocycles. The van der Waals surface area contributed by atoms with Crippen LogP contribution in [0.15, 0.2) is 24.4 Å². The molecule has 0 saturated heterocycles. The lowest BCUT2D eigenvalue weighted by Crippen LogP contribution is -2.25. The van der Waals surface area contributed by atoms with Crippen LogP contribution < -0.4 is 0 Å². The molecule has 0 fully saturated rings. The average molecular weight is 221 g/mol. The number of Topliss-reactive ketones (excluding diaryl/α,β-unsaturated/α-hetero) is 1.